The molecule has 134 valence electrons. The minimum Gasteiger partial charge on any atom is -0.494 e. The number of rotatable bonds is 8. The molecule has 1 aliphatic rings. The first kappa shape index (κ1) is 17.6. The van der Waals surface area contributed by atoms with Crippen LogP contribution < -0.4 is 14.2 Å². The lowest BCUT2D eigenvalue weighted by molar-refractivity contribution is 0.117. The maximum Gasteiger partial charge on any atom is 0.231 e. The Morgan fingerprint density at radius 2 is 1.92 bits per heavy atom. The highest BCUT2D eigenvalue weighted by molar-refractivity contribution is 5.44. The van der Waals surface area contributed by atoms with E-state index in [2.05, 4.69) is 11.0 Å². The molecule has 5 heteroatoms. The Morgan fingerprint density at radius 1 is 1.12 bits per heavy atom. The smallest absolute Gasteiger partial charge is 0.231 e. The highest BCUT2D eigenvalue weighted by atomic mass is 16.7. The maximum atomic E-state index is 9.89. The van der Waals surface area contributed by atoms with Crippen molar-refractivity contribution in [2.45, 2.75) is 33.0 Å². The Hall–Kier alpha value is -2.24. The highest BCUT2D eigenvalue weighted by Crippen LogP contribution is 2.33. The molecule has 1 atom stereocenters. The summed E-state index contributed by atoms with van der Waals surface area (Å²) in [5.74, 6) is 2.46. The van der Waals surface area contributed by atoms with Crippen molar-refractivity contribution in [3.8, 4) is 17.2 Å². The molecular weight excluding hydrogens is 318 g/mol. The molecule has 1 N–H and O–H groups in total. The van der Waals surface area contributed by atoms with Gasteiger partial charge in [-0.05, 0) is 37.6 Å². The van der Waals surface area contributed by atoms with Crippen molar-refractivity contribution in [1.29, 1.82) is 0 Å². The van der Waals surface area contributed by atoms with Gasteiger partial charge >= 0.3 is 0 Å². The van der Waals surface area contributed by atoms with Gasteiger partial charge in [0.1, 0.15) is 5.75 Å². The Bertz CT molecular complexity index is 702. The van der Waals surface area contributed by atoms with Crippen LogP contribution >= 0.6 is 0 Å². The van der Waals surface area contributed by atoms with Crippen LogP contribution in [0.2, 0.25) is 0 Å². The molecule has 0 radical (unpaired) electrons. The van der Waals surface area contributed by atoms with E-state index in [0.29, 0.717) is 26.2 Å². The fourth-order valence-electron chi connectivity index (χ4n) is 3.03. The average molecular weight is 343 g/mol. The van der Waals surface area contributed by atoms with Crippen LogP contribution in [0.1, 0.15) is 25.0 Å². The van der Waals surface area contributed by atoms with Gasteiger partial charge in [0.15, 0.2) is 11.5 Å². The number of hydrogen-bond acceptors (Lipinski definition) is 5. The van der Waals surface area contributed by atoms with Crippen molar-refractivity contribution < 1.29 is 19.3 Å². The zero-order chi connectivity index (χ0) is 17.6. The van der Waals surface area contributed by atoms with E-state index in [1.165, 1.54) is 0 Å². The van der Waals surface area contributed by atoms with Gasteiger partial charge in [-0.25, -0.2) is 0 Å². The van der Waals surface area contributed by atoms with Gasteiger partial charge in [-0.2, -0.15) is 0 Å². The largest absolute Gasteiger partial charge is 0.494 e. The van der Waals surface area contributed by atoms with Crippen LogP contribution in [-0.2, 0) is 13.1 Å². The normalized spacial score (nSPS) is 13.9. The number of aliphatic hydroxyl groups is 1. The van der Waals surface area contributed by atoms with Gasteiger partial charge in [-0.3, -0.25) is 4.90 Å². The van der Waals surface area contributed by atoms with Crippen LogP contribution in [0, 0.1) is 0 Å². The van der Waals surface area contributed by atoms with Crippen LogP contribution in [0.4, 0.5) is 0 Å². The molecule has 2 aromatic carbocycles. The minimum atomic E-state index is -0.409. The van der Waals surface area contributed by atoms with E-state index in [4.69, 9.17) is 14.2 Å². The van der Waals surface area contributed by atoms with Gasteiger partial charge in [-0.1, -0.05) is 24.3 Å². The van der Waals surface area contributed by atoms with Gasteiger partial charge < -0.3 is 19.3 Å². The quantitative estimate of drug-likeness (QED) is 0.798. The molecule has 0 spiro atoms. The fourth-order valence-corrected chi connectivity index (χ4v) is 3.03. The Labute approximate surface area is 148 Å². The first-order chi connectivity index (χ1) is 12.2. The van der Waals surface area contributed by atoms with Gasteiger partial charge in [0.05, 0.1) is 12.7 Å². The number of aliphatic hydroxyl groups excluding tert-OH is 1. The summed E-state index contributed by atoms with van der Waals surface area (Å²) in [4.78, 5) is 2.21. The van der Waals surface area contributed by atoms with Crippen LogP contribution in [0.5, 0.6) is 17.2 Å². The van der Waals surface area contributed by atoms with Crippen molar-refractivity contribution in [3.05, 3.63) is 53.6 Å². The SMILES string of the molecule is CCOc1ccccc1CN(Cc1ccc2c(c1)OCO2)C[C@@H](C)O. The molecule has 0 aromatic heterocycles. The number of para-hydroxylation sites is 1. The molecule has 5 nitrogen and oxygen atoms in total. The van der Waals surface area contributed by atoms with Crippen LogP contribution in [0.15, 0.2) is 42.5 Å². The summed E-state index contributed by atoms with van der Waals surface area (Å²) < 4.78 is 16.6. The number of fused-ring (bicyclic) bond motifs is 1. The lowest BCUT2D eigenvalue weighted by atomic mass is 10.1. The summed E-state index contributed by atoms with van der Waals surface area (Å²) in [5, 5.41) is 9.89. The molecule has 3 rings (SSSR count). The summed E-state index contributed by atoms with van der Waals surface area (Å²) in [6.07, 6.45) is -0.409. The zero-order valence-electron chi connectivity index (χ0n) is 14.8. The lowest BCUT2D eigenvalue weighted by Crippen LogP contribution is -2.30. The van der Waals surface area contributed by atoms with Crippen molar-refractivity contribution >= 4 is 0 Å². The Balaban J connectivity index is 1.76. The van der Waals surface area contributed by atoms with Gasteiger partial charge in [0.25, 0.3) is 0 Å². The Morgan fingerprint density at radius 3 is 2.72 bits per heavy atom. The predicted molar refractivity (Wildman–Crippen MR) is 96.0 cm³/mol. The topological polar surface area (TPSA) is 51.2 Å². The number of ether oxygens (including phenoxy) is 3. The third kappa shape index (κ3) is 4.65. The van der Waals surface area contributed by atoms with E-state index >= 15 is 0 Å². The second kappa shape index (κ2) is 8.23. The van der Waals surface area contributed by atoms with E-state index in [0.717, 1.165) is 28.4 Å². The van der Waals surface area contributed by atoms with Crippen molar-refractivity contribution in [2.24, 2.45) is 0 Å². The second-order valence-corrected chi connectivity index (χ2v) is 6.25. The minimum absolute atomic E-state index is 0.276. The molecule has 2 aromatic rings. The molecule has 0 amide bonds. The molecule has 0 saturated heterocycles. The third-order valence-corrected chi connectivity index (χ3v) is 4.03. The molecule has 1 heterocycles. The average Bonchev–Trinajstić information content (AvgIpc) is 3.04. The second-order valence-electron chi connectivity index (χ2n) is 6.25. The van der Waals surface area contributed by atoms with E-state index in [9.17, 15) is 5.11 Å². The molecule has 0 saturated carbocycles. The summed E-state index contributed by atoms with van der Waals surface area (Å²) in [6, 6.07) is 14.0. The van der Waals surface area contributed by atoms with E-state index in [-0.39, 0.29) is 6.79 Å². The number of benzene rings is 2. The summed E-state index contributed by atoms with van der Waals surface area (Å²) >= 11 is 0. The molecule has 1 aliphatic heterocycles. The molecule has 0 aliphatic carbocycles. The van der Waals surface area contributed by atoms with Gasteiger partial charge in [0, 0.05) is 25.2 Å². The van der Waals surface area contributed by atoms with Crippen LogP contribution in [-0.4, -0.2) is 36.1 Å². The van der Waals surface area contributed by atoms with Crippen LogP contribution in [0.3, 0.4) is 0 Å². The van der Waals surface area contributed by atoms with Gasteiger partial charge in [0.2, 0.25) is 6.79 Å². The van der Waals surface area contributed by atoms with Crippen molar-refractivity contribution in [2.75, 3.05) is 19.9 Å². The lowest BCUT2D eigenvalue weighted by Gasteiger charge is -2.25. The summed E-state index contributed by atoms with van der Waals surface area (Å²) in [6.45, 7) is 6.69. The summed E-state index contributed by atoms with van der Waals surface area (Å²) in [7, 11) is 0. The van der Waals surface area contributed by atoms with Crippen LogP contribution in [0.25, 0.3) is 0 Å². The number of nitrogens with zero attached hydrogens (tertiary/aromatic N) is 1. The first-order valence-corrected chi connectivity index (χ1v) is 8.65. The predicted octanol–water partition coefficient (Wildman–Crippen LogP) is 3.20. The van der Waals surface area contributed by atoms with E-state index < -0.39 is 6.10 Å². The first-order valence-electron chi connectivity index (χ1n) is 8.65. The van der Waals surface area contributed by atoms with Crippen molar-refractivity contribution in [3.63, 3.8) is 0 Å². The Kier molecular flexibility index (Phi) is 5.79. The van der Waals surface area contributed by atoms with Crippen molar-refractivity contribution in [1.82, 2.24) is 4.90 Å². The maximum absolute atomic E-state index is 9.89. The molecular formula is C20H25NO4. The highest BCUT2D eigenvalue weighted by Gasteiger charge is 2.16. The molecule has 25 heavy (non-hydrogen) atoms. The molecule has 0 bridgehead atoms. The van der Waals surface area contributed by atoms with Gasteiger partial charge in [-0.15, -0.1) is 0 Å². The monoisotopic (exact) mass is 343 g/mol. The standard InChI is InChI=1S/C20H25NO4/c1-3-23-18-7-5-4-6-17(18)13-21(11-15(2)22)12-16-8-9-19-20(10-16)25-14-24-19/h4-10,15,22H,3,11-14H2,1-2H3/t15-/m1/s1. The zero-order valence-corrected chi connectivity index (χ0v) is 14.8. The molecule has 0 fully saturated rings. The fraction of sp³-hybridized carbons (Fsp3) is 0.400. The molecule has 0 unspecified atom stereocenters. The number of hydrogen-bond donors (Lipinski definition) is 1. The van der Waals surface area contributed by atoms with E-state index in [1.54, 1.807) is 6.92 Å². The third-order valence-electron chi connectivity index (χ3n) is 4.03. The van der Waals surface area contributed by atoms with E-state index in [1.807, 2.05) is 43.3 Å². The summed E-state index contributed by atoms with van der Waals surface area (Å²) in [5.41, 5.74) is 2.24.